The first-order chi connectivity index (χ1) is 8.00. The summed E-state index contributed by atoms with van der Waals surface area (Å²) in [5.41, 5.74) is -1.20. The third kappa shape index (κ3) is 1.80. The molecular weight excluding hydrogens is 228 g/mol. The molecular formula is C11H8O6. The van der Waals surface area contributed by atoms with Crippen molar-refractivity contribution in [2.24, 2.45) is 0 Å². The fourth-order valence-electron chi connectivity index (χ4n) is 1.41. The molecule has 0 spiro atoms. The molecule has 0 saturated heterocycles. The fraction of sp³-hybridized carbons (Fsp3) is 0.0909. The molecule has 6 nitrogen and oxygen atoms in total. The van der Waals surface area contributed by atoms with Crippen LogP contribution in [0, 0.1) is 0 Å². The molecule has 1 aromatic carbocycles. The molecule has 0 bridgehead atoms. The number of hydrogen-bond donors (Lipinski definition) is 2. The number of hydrogen-bond acceptors (Lipinski definition) is 6. The van der Waals surface area contributed by atoms with Crippen molar-refractivity contribution >= 4 is 16.9 Å². The molecule has 6 heteroatoms. The van der Waals surface area contributed by atoms with E-state index in [-0.39, 0.29) is 16.7 Å². The van der Waals surface area contributed by atoms with Crippen molar-refractivity contribution in [1.29, 1.82) is 0 Å². The van der Waals surface area contributed by atoms with E-state index in [2.05, 4.69) is 4.74 Å². The number of rotatable bonds is 1. The average Bonchev–Trinajstić information content (AvgIpc) is 2.26. The van der Waals surface area contributed by atoms with Gasteiger partial charge in [0.2, 0.25) is 0 Å². The average molecular weight is 236 g/mol. The SMILES string of the molecule is CC(=O)Oc1c(O)c2cccc(O)c2oc1=O. The van der Waals surface area contributed by atoms with Crippen LogP contribution in [-0.4, -0.2) is 16.2 Å². The minimum absolute atomic E-state index is 0.0841. The van der Waals surface area contributed by atoms with Crippen molar-refractivity contribution < 1.29 is 24.2 Å². The van der Waals surface area contributed by atoms with Crippen LogP contribution in [0.15, 0.2) is 27.4 Å². The number of phenols is 1. The topological polar surface area (TPSA) is 97.0 Å². The predicted molar refractivity (Wildman–Crippen MR) is 57.1 cm³/mol. The molecule has 0 aliphatic carbocycles. The Morgan fingerprint density at radius 1 is 1.35 bits per heavy atom. The highest BCUT2D eigenvalue weighted by Crippen LogP contribution is 2.34. The number of carbonyl (C=O) groups is 1. The zero-order valence-electron chi connectivity index (χ0n) is 8.76. The van der Waals surface area contributed by atoms with E-state index in [1.165, 1.54) is 18.2 Å². The van der Waals surface area contributed by atoms with E-state index in [0.29, 0.717) is 0 Å². The van der Waals surface area contributed by atoms with Gasteiger partial charge >= 0.3 is 11.6 Å². The number of carbonyl (C=O) groups excluding carboxylic acids is 1. The molecule has 0 atom stereocenters. The molecule has 0 aliphatic rings. The molecule has 0 saturated carbocycles. The summed E-state index contributed by atoms with van der Waals surface area (Å²) >= 11 is 0. The van der Waals surface area contributed by atoms with Crippen LogP contribution < -0.4 is 10.4 Å². The molecule has 0 fully saturated rings. The summed E-state index contributed by atoms with van der Waals surface area (Å²) in [5, 5.41) is 19.3. The highest BCUT2D eigenvalue weighted by molar-refractivity contribution is 5.89. The van der Waals surface area contributed by atoms with E-state index in [0.717, 1.165) is 6.92 Å². The quantitative estimate of drug-likeness (QED) is 0.569. The molecule has 0 aliphatic heterocycles. The zero-order valence-corrected chi connectivity index (χ0v) is 8.76. The third-order valence-corrected chi connectivity index (χ3v) is 2.09. The largest absolute Gasteiger partial charge is 0.504 e. The molecule has 2 N–H and O–H groups in total. The van der Waals surface area contributed by atoms with Gasteiger partial charge in [0.15, 0.2) is 17.1 Å². The van der Waals surface area contributed by atoms with Gasteiger partial charge in [0, 0.05) is 6.92 Å². The van der Waals surface area contributed by atoms with Gasteiger partial charge in [0.05, 0.1) is 5.39 Å². The Labute approximate surface area is 94.7 Å². The molecule has 17 heavy (non-hydrogen) atoms. The molecule has 0 radical (unpaired) electrons. The monoisotopic (exact) mass is 236 g/mol. The van der Waals surface area contributed by atoms with E-state index >= 15 is 0 Å². The van der Waals surface area contributed by atoms with Crippen molar-refractivity contribution in [2.45, 2.75) is 6.92 Å². The van der Waals surface area contributed by atoms with Crippen LogP contribution in [0.25, 0.3) is 11.0 Å². The molecule has 1 aromatic heterocycles. The number of phenolic OH excluding ortho intramolecular Hbond substituents is 1. The van der Waals surface area contributed by atoms with Gasteiger partial charge in [0.25, 0.3) is 5.75 Å². The summed E-state index contributed by atoms with van der Waals surface area (Å²) in [4.78, 5) is 22.2. The highest BCUT2D eigenvalue weighted by atomic mass is 16.6. The van der Waals surface area contributed by atoms with Gasteiger partial charge in [-0.05, 0) is 12.1 Å². The predicted octanol–water partition coefficient (Wildman–Crippen LogP) is 1.13. The first kappa shape index (κ1) is 11.0. The Bertz CT molecular complexity index is 655. The molecule has 2 aromatic rings. The van der Waals surface area contributed by atoms with Gasteiger partial charge in [-0.2, -0.15) is 0 Å². The first-order valence-corrected chi connectivity index (χ1v) is 4.67. The second kappa shape index (κ2) is 3.82. The van der Waals surface area contributed by atoms with Crippen LogP contribution in [0.5, 0.6) is 17.2 Å². The number of ether oxygens (including phenoxy) is 1. The lowest BCUT2D eigenvalue weighted by molar-refractivity contribution is -0.132. The van der Waals surface area contributed by atoms with Gasteiger partial charge in [-0.1, -0.05) is 6.07 Å². The van der Waals surface area contributed by atoms with E-state index in [1.54, 1.807) is 0 Å². The van der Waals surface area contributed by atoms with Gasteiger partial charge < -0.3 is 19.4 Å². The van der Waals surface area contributed by atoms with Crippen LogP contribution in [0.3, 0.4) is 0 Å². The van der Waals surface area contributed by atoms with Gasteiger partial charge in [-0.25, -0.2) is 4.79 Å². The van der Waals surface area contributed by atoms with Crippen molar-refractivity contribution in [3.05, 3.63) is 28.6 Å². The van der Waals surface area contributed by atoms with E-state index in [9.17, 15) is 19.8 Å². The lowest BCUT2D eigenvalue weighted by atomic mass is 10.2. The second-order valence-corrected chi connectivity index (χ2v) is 3.31. The van der Waals surface area contributed by atoms with E-state index in [1.807, 2.05) is 0 Å². The lowest BCUT2D eigenvalue weighted by Crippen LogP contribution is -2.11. The third-order valence-electron chi connectivity index (χ3n) is 2.09. The number of aromatic hydroxyl groups is 2. The lowest BCUT2D eigenvalue weighted by Gasteiger charge is -2.05. The van der Waals surface area contributed by atoms with Crippen LogP contribution in [0.1, 0.15) is 6.92 Å². The number of esters is 1. The fourth-order valence-corrected chi connectivity index (χ4v) is 1.41. The molecule has 1 heterocycles. The Balaban J connectivity index is 2.81. The summed E-state index contributed by atoms with van der Waals surface area (Å²) in [6, 6.07) is 4.17. The second-order valence-electron chi connectivity index (χ2n) is 3.31. The molecule has 88 valence electrons. The Morgan fingerprint density at radius 3 is 2.71 bits per heavy atom. The van der Waals surface area contributed by atoms with Crippen molar-refractivity contribution in [3.8, 4) is 17.2 Å². The van der Waals surface area contributed by atoms with Crippen LogP contribution in [0.4, 0.5) is 0 Å². The van der Waals surface area contributed by atoms with E-state index in [4.69, 9.17) is 4.42 Å². The minimum atomic E-state index is -1.04. The summed E-state index contributed by atoms with van der Waals surface area (Å²) in [6.45, 7) is 1.09. The summed E-state index contributed by atoms with van der Waals surface area (Å²) in [6.07, 6.45) is 0. The van der Waals surface area contributed by atoms with Gasteiger partial charge in [-0.15, -0.1) is 0 Å². The van der Waals surface area contributed by atoms with Crippen molar-refractivity contribution in [3.63, 3.8) is 0 Å². The van der Waals surface area contributed by atoms with Crippen LogP contribution in [-0.2, 0) is 4.79 Å². The normalized spacial score (nSPS) is 10.4. The Hall–Kier alpha value is -2.50. The standard InChI is InChI=1S/C11H8O6/c1-5(12)16-10-8(14)6-3-2-4-7(13)9(6)17-11(10)15/h2-4,13-14H,1H3. The molecule has 2 rings (SSSR count). The Morgan fingerprint density at radius 2 is 2.06 bits per heavy atom. The smallest absolute Gasteiger partial charge is 0.383 e. The summed E-state index contributed by atoms with van der Waals surface area (Å²) < 4.78 is 9.31. The minimum Gasteiger partial charge on any atom is -0.504 e. The van der Waals surface area contributed by atoms with Gasteiger partial charge in [0.1, 0.15) is 0 Å². The highest BCUT2D eigenvalue weighted by Gasteiger charge is 2.18. The van der Waals surface area contributed by atoms with E-state index < -0.39 is 23.1 Å². The maximum atomic E-state index is 11.4. The molecule has 0 unspecified atom stereocenters. The van der Waals surface area contributed by atoms with Crippen LogP contribution >= 0.6 is 0 Å². The maximum absolute atomic E-state index is 11.4. The summed E-state index contributed by atoms with van der Waals surface area (Å²) in [7, 11) is 0. The van der Waals surface area contributed by atoms with Crippen LogP contribution in [0.2, 0.25) is 0 Å². The van der Waals surface area contributed by atoms with Crippen molar-refractivity contribution in [2.75, 3.05) is 0 Å². The number of fused-ring (bicyclic) bond motifs is 1. The zero-order chi connectivity index (χ0) is 12.6. The molecule has 0 amide bonds. The summed E-state index contributed by atoms with van der Waals surface area (Å²) in [5.74, 6) is -2.17. The van der Waals surface area contributed by atoms with Gasteiger partial charge in [-0.3, -0.25) is 4.79 Å². The number of benzene rings is 1. The maximum Gasteiger partial charge on any atom is 0.383 e. The number of para-hydroxylation sites is 1. The first-order valence-electron chi connectivity index (χ1n) is 4.67. The Kier molecular flexibility index (Phi) is 2.47. The van der Waals surface area contributed by atoms with Crippen molar-refractivity contribution in [1.82, 2.24) is 0 Å².